The predicted molar refractivity (Wildman–Crippen MR) is 416 cm³/mol. The monoisotopic (exact) mass is 1300 g/mol. The van der Waals surface area contributed by atoms with Gasteiger partial charge in [-0.1, -0.05) is 164 Å². The van der Waals surface area contributed by atoms with Gasteiger partial charge in [0, 0.05) is 98.4 Å². The fraction of sp³-hybridized carbons (Fsp3) is 0. The summed E-state index contributed by atoms with van der Waals surface area (Å²) in [6.45, 7) is 0. The fourth-order valence-corrected chi connectivity index (χ4v) is 16.5. The number of benzene rings is 13. The first-order valence-electron chi connectivity index (χ1n) is 34.3. The third-order valence-electron chi connectivity index (χ3n) is 20.8. The maximum Gasteiger partial charge on any atom is 0.159 e. The van der Waals surface area contributed by atoms with Crippen LogP contribution in [-0.4, -0.2) is 57.3 Å². The first-order chi connectivity index (χ1) is 50.6. The Morgan fingerprint density at radius 1 is 0.147 bits per heavy atom. The van der Waals surface area contributed by atoms with Crippen molar-refractivity contribution in [3.63, 3.8) is 0 Å². The summed E-state index contributed by atoms with van der Waals surface area (Å²) in [4.78, 5) is 31.5. The molecule has 0 radical (unpaired) electrons. The van der Waals surface area contributed by atoms with Gasteiger partial charge in [-0.05, 0) is 127 Å². The summed E-state index contributed by atoms with van der Waals surface area (Å²) >= 11 is 0. The molecule has 9 heterocycles. The minimum atomic E-state index is 0.525. The van der Waals surface area contributed by atoms with Gasteiger partial charge in [-0.3, -0.25) is 0 Å². The molecule has 0 aliphatic heterocycles. The summed E-state index contributed by atoms with van der Waals surface area (Å²) in [5.74, 6) is 1.57. The lowest BCUT2D eigenvalue weighted by atomic mass is 10.0. The molecule has 22 rings (SSSR count). The Morgan fingerprint density at radius 3 is 0.549 bits per heavy atom. The van der Waals surface area contributed by atoms with Gasteiger partial charge in [-0.25, -0.2) is 29.9 Å². The second kappa shape index (κ2) is 21.7. The molecule has 9 aromatic heterocycles. The van der Waals surface area contributed by atoms with E-state index in [1.54, 1.807) is 0 Å². The first kappa shape index (κ1) is 56.0. The molecule has 0 aliphatic rings. The van der Waals surface area contributed by atoms with E-state index in [2.05, 4.69) is 319 Å². The molecule has 0 saturated carbocycles. The van der Waals surface area contributed by atoms with Crippen LogP contribution < -0.4 is 0 Å². The number of nitrogens with zero attached hydrogens (tertiary/aromatic N) is 12. The Hall–Kier alpha value is -14.1. The van der Waals surface area contributed by atoms with E-state index in [1.165, 1.54) is 32.3 Å². The quantitative estimate of drug-likeness (QED) is 0.142. The van der Waals surface area contributed by atoms with Crippen molar-refractivity contribution in [2.75, 3.05) is 0 Å². The number of fused-ring (bicyclic) bond motifs is 18. The standard InChI is InChI=1S/C90H54N12/c1-4-22-58(23-5-1)97-76-34-16-10-28-64(76)70-43-73-67-31-13-19-37-79(67)100(85(73)46-82(70)97)61-49-91-88(92-50-61)55-40-56(89-93-51-62(52-94-89)101-80-38-20-14-32-68(80)74-44-71-65-29-11-17-35-77(65)98(83(71)47-86(74)101)59-24-6-2-7-25-59)42-57(41-55)90-95-53-63(54-96-90)102-81-39-21-15-33-69(81)75-45-72-66-30-12-18-36-78(66)99(84(72)48-87(75)102)60-26-8-3-9-27-60/h1-54H. The van der Waals surface area contributed by atoms with Crippen molar-refractivity contribution in [3.05, 3.63) is 328 Å². The molecule has 0 N–H and O–H groups in total. The molecule has 12 heteroatoms. The minimum absolute atomic E-state index is 0.525. The molecule has 474 valence electrons. The van der Waals surface area contributed by atoms with Gasteiger partial charge in [0.1, 0.15) is 0 Å². The highest BCUT2D eigenvalue weighted by Crippen LogP contribution is 2.44. The smallest absolute Gasteiger partial charge is 0.159 e. The van der Waals surface area contributed by atoms with Crippen molar-refractivity contribution in [2.24, 2.45) is 0 Å². The molecule has 0 saturated heterocycles. The van der Waals surface area contributed by atoms with Gasteiger partial charge in [0.15, 0.2) is 17.5 Å². The van der Waals surface area contributed by atoms with E-state index < -0.39 is 0 Å². The fourth-order valence-electron chi connectivity index (χ4n) is 16.5. The van der Waals surface area contributed by atoms with E-state index in [-0.39, 0.29) is 0 Å². The van der Waals surface area contributed by atoms with Crippen LogP contribution in [0.5, 0.6) is 0 Å². The van der Waals surface area contributed by atoms with Crippen LogP contribution in [0, 0.1) is 0 Å². The third kappa shape index (κ3) is 8.25. The van der Waals surface area contributed by atoms with Crippen LogP contribution in [0.4, 0.5) is 0 Å². The number of para-hydroxylation sites is 9. The Labute approximate surface area is 581 Å². The van der Waals surface area contributed by atoms with E-state index in [4.69, 9.17) is 29.9 Å². The van der Waals surface area contributed by atoms with Crippen molar-refractivity contribution < 1.29 is 0 Å². The molecule has 0 spiro atoms. The van der Waals surface area contributed by atoms with Gasteiger partial charge in [-0.2, -0.15) is 0 Å². The largest absolute Gasteiger partial charge is 0.309 e. The Kier molecular flexibility index (Phi) is 11.9. The molecular formula is C90H54N12. The number of hydrogen-bond donors (Lipinski definition) is 0. The molecule has 0 aliphatic carbocycles. The van der Waals surface area contributed by atoms with Crippen LogP contribution in [-0.2, 0) is 0 Å². The van der Waals surface area contributed by atoms with E-state index in [0.29, 0.717) is 17.5 Å². The van der Waals surface area contributed by atoms with E-state index in [0.717, 1.165) is 149 Å². The molecule has 0 amide bonds. The topological polar surface area (TPSA) is 107 Å². The van der Waals surface area contributed by atoms with E-state index in [9.17, 15) is 0 Å². The molecule has 0 fully saturated rings. The molecule has 22 aromatic rings. The van der Waals surface area contributed by atoms with Crippen LogP contribution in [0.3, 0.4) is 0 Å². The second-order valence-corrected chi connectivity index (χ2v) is 26.4. The van der Waals surface area contributed by atoms with Crippen molar-refractivity contribution >= 4 is 131 Å². The Bertz CT molecular complexity index is 6500. The van der Waals surface area contributed by atoms with Crippen molar-refractivity contribution in [1.82, 2.24) is 57.3 Å². The van der Waals surface area contributed by atoms with Gasteiger partial charge < -0.3 is 27.4 Å². The first-order valence-corrected chi connectivity index (χ1v) is 34.3. The number of rotatable bonds is 9. The van der Waals surface area contributed by atoms with Gasteiger partial charge in [0.2, 0.25) is 0 Å². The van der Waals surface area contributed by atoms with Crippen LogP contribution in [0.25, 0.3) is 199 Å². The minimum Gasteiger partial charge on any atom is -0.309 e. The summed E-state index contributed by atoms with van der Waals surface area (Å²) in [6.07, 6.45) is 11.6. The van der Waals surface area contributed by atoms with Crippen LogP contribution >= 0.6 is 0 Å². The van der Waals surface area contributed by atoms with E-state index >= 15 is 0 Å². The molecule has 0 atom stereocenters. The van der Waals surface area contributed by atoms with E-state index in [1.807, 2.05) is 37.2 Å². The molecule has 0 bridgehead atoms. The number of aromatic nitrogens is 12. The highest BCUT2D eigenvalue weighted by molar-refractivity contribution is 6.22. The van der Waals surface area contributed by atoms with Crippen LogP contribution in [0.15, 0.2) is 328 Å². The maximum atomic E-state index is 5.25. The zero-order valence-electron chi connectivity index (χ0n) is 54.5. The lowest BCUT2D eigenvalue weighted by molar-refractivity contribution is 1.07. The number of hydrogen-bond acceptors (Lipinski definition) is 6. The molecule has 102 heavy (non-hydrogen) atoms. The molecule has 12 nitrogen and oxygen atoms in total. The maximum absolute atomic E-state index is 5.25. The molecule has 0 unspecified atom stereocenters. The van der Waals surface area contributed by atoms with Gasteiger partial charge in [0.25, 0.3) is 0 Å². The normalized spacial score (nSPS) is 12.1. The highest BCUT2D eigenvalue weighted by Gasteiger charge is 2.24. The highest BCUT2D eigenvalue weighted by atomic mass is 15.1. The second-order valence-electron chi connectivity index (χ2n) is 26.4. The Morgan fingerprint density at radius 2 is 0.333 bits per heavy atom. The lowest BCUT2D eigenvalue weighted by Crippen LogP contribution is -2.01. The molecular weight excluding hydrogens is 1250 g/mol. The van der Waals surface area contributed by atoms with Gasteiger partial charge in [-0.15, -0.1) is 0 Å². The van der Waals surface area contributed by atoms with Crippen molar-refractivity contribution in [3.8, 4) is 68.3 Å². The summed E-state index contributed by atoms with van der Waals surface area (Å²) in [7, 11) is 0. The predicted octanol–water partition coefficient (Wildman–Crippen LogP) is 21.6. The average Bonchev–Trinajstić information content (AvgIpc) is 1.57. The lowest BCUT2D eigenvalue weighted by Gasteiger charge is -2.12. The van der Waals surface area contributed by atoms with Crippen LogP contribution in [0.2, 0.25) is 0 Å². The summed E-state index contributed by atoms with van der Waals surface area (Å²) in [5.41, 5.74) is 21.2. The summed E-state index contributed by atoms with van der Waals surface area (Å²) in [5, 5.41) is 14.1. The molecule has 13 aromatic carbocycles. The van der Waals surface area contributed by atoms with Crippen molar-refractivity contribution in [1.29, 1.82) is 0 Å². The SMILES string of the molecule is c1ccc(-n2c3ccccc3c3cc4c5ccccc5n(-c5cnc(-c6cc(-c7ncc(-n8c9ccccc9c9cc%10c%11ccccc%11n(-c%11ccccc%11)c%10cc98)cn7)cc(-c7ncc(-n8c9ccccc9c9cc%10c%11ccccc%11n(-c%11ccccc%11)c%10cc98)cn7)c6)nc5)c4cc32)cc1. The zero-order valence-corrected chi connectivity index (χ0v) is 54.5. The Balaban J connectivity index is 0.699. The van der Waals surface area contributed by atoms with Gasteiger partial charge >= 0.3 is 0 Å². The van der Waals surface area contributed by atoms with Gasteiger partial charge in [0.05, 0.1) is 120 Å². The summed E-state index contributed by atoms with van der Waals surface area (Å²) in [6, 6.07) is 104. The summed E-state index contributed by atoms with van der Waals surface area (Å²) < 4.78 is 14.0. The zero-order chi connectivity index (χ0) is 66.7. The van der Waals surface area contributed by atoms with Crippen LogP contribution in [0.1, 0.15) is 0 Å². The third-order valence-corrected chi connectivity index (χ3v) is 20.8. The van der Waals surface area contributed by atoms with Crippen molar-refractivity contribution in [2.45, 2.75) is 0 Å². The average molecular weight is 1300 g/mol.